The van der Waals surface area contributed by atoms with Crippen molar-refractivity contribution in [1.82, 2.24) is 4.98 Å². The maximum atomic E-state index is 13.2. The van der Waals surface area contributed by atoms with Gasteiger partial charge in [-0.25, -0.2) is 9.37 Å². The average molecular weight is 231 g/mol. The molecule has 2 nitrogen and oxygen atoms in total. The van der Waals surface area contributed by atoms with E-state index in [9.17, 15) is 4.39 Å². The van der Waals surface area contributed by atoms with Crippen LogP contribution in [0, 0.1) is 12.7 Å². The van der Waals surface area contributed by atoms with Gasteiger partial charge in [0.05, 0.1) is 11.6 Å². The lowest BCUT2D eigenvalue weighted by molar-refractivity contribution is 0.184. The SMILES string of the molecule is Cc1c2c(nc3cc(F)ccc13)OC(C)CC2. The third kappa shape index (κ3) is 1.66. The van der Waals surface area contributed by atoms with Crippen molar-refractivity contribution in [3.63, 3.8) is 0 Å². The van der Waals surface area contributed by atoms with E-state index in [2.05, 4.69) is 11.9 Å². The number of halogens is 1. The number of rotatable bonds is 0. The first kappa shape index (κ1) is 10.5. The topological polar surface area (TPSA) is 22.1 Å². The summed E-state index contributed by atoms with van der Waals surface area (Å²) in [6, 6.07) is 4.74. The van der Waals surface area contributed by atoms with Crippen LogP contribution in [0.3, 0.4) is 0 Å². The highest BCUT2D eigenvalue weighted by atomic mass is 19.1. The molecule has 0 bridgehead atoms. The predicted molar refractivity (Wildman–Crippen MR) is 64.8 cm³/mol. The molecule has 2 aromatic rings. The first-order valence-corrected chi connectivity index (χ1v) is 5.90. The molecule has 1 aromatic carbocycles. The summed E-state index contributed by atoms with van der Waals surface area (Å²) in [5, 5.41) is 1.02. The molecule has 0 saturated carbocycles. The van der Waals surface area contributed by atoms with Crippen LogP contribution in [-0.2, 0) is 6.42 Å². The van der Waals surface area contributed by atoms with E-state index in [0.29, 0.717) is 11.4 Å². The number of nitrogens with zero attached hydrogens (tertiary/aromatic N) is 1. The largest absolute Gasteiger partial charge is 0.474 e. The van der Waals surface area contributed by atoms with Crippen molar-refractivity contribution >= 4 is 10.9 Å². The van der Waals surface area contributed by atoms with Crippen LogP contribution >= 0.6 is 0 Å². The predicted octanol–water partition coefficient (Wildman–Crippen LogP) is 3.40. The molecular weight excluding hydrogens is 217 g/mol. The molecular formula is C14H14FNO. The Morgan fingerprint density at radius 2 is 2.24 bits per heavy atom. The minimum Gasteiger partial charge on any atom is -0.474 e. The summed E-state index contributed by atoms with van der Waals surface area (Å²) in [6.07, 6.45) is 2.20. The molecule has 0 N–H and O–H groups in total. The number of fused-ring (bicyclic) bond motifs is 2. The molecule has 0 amide bonds. The minimum absolute atomic E-state index is 0.195. The molecule has 0 radical (unpaired) electrons. The van der Waals surface area contributed by atoms with Gasteiger partial charge in [-0.1, -0.05) is 0 Å². The Hall–Kier alpha value is -1.64. The summed E-state index contributed by atoms with van der Waals surface area (Å²) in [5.74, 6) is 0.424. The fourth-order valence-electron chi connectivity index (χ4n) is 2.40. The van der Waals surface area contributed by atoms with Crippen LogP contribution in [0.2, 0.25) is 0 Å². The van der Waals surface area contributed by atoms with E-state index >= 15 is 0 Å². The van der Waals surface area contributed by atoms with Crippen molar-refractivity contribution in [3.05, 3.63) is 35.1 Å². The van der Waals surface area contributed by atoms with E-state index in [0.717, 1.165) is 23.8 Å². The zero-order chi connectivity index (χ0) is 12.0. The monoisotopic (exact) mass is 231 g/mol. The number of aryl methyl sites for hydroxylation is 1. The summed E-state index contributed by atoms with van der Waals surface area (Å²) < 4.78 is 18.9. The van der Waals surface area contributed by atoms with Gasteiger partial charge in [0.1, 0.15) is 5.82 Å². The van der Waals surface area contributed by atoms with Crippen LogP contribution in [0.4, 0.5) is 4.39 Å². The van der Waals surface area contributed by atoms with Gasteiger partial charge in [-0.3, -0.25) is 0 Å². The van der Waals surface area contributed by atoms with Gasteiger partial charge in [0.2, 0.25) is 5.88 Å². The van der Waals surface area contributed by atoms with Crippen LogP contribution < -0.4 is 4.74 Å². The van der Waals surface area contributed by atoms with Gasteiger partial charge in [-0.05, 0) is 44.4 Å². The summed E-state index contributed by atoms with van der Waals surface area (Å²) >= 11 is 0. The molecule has 1 unspecified atom stereocenters. The molecule has 1 aromatic heterocycles. The fourth-order valence-corrected chi connectivity index (χ4v) is 2.40. The lowest BCUT2D eigenvalue weighted by Crippen LogP contribution is -2.20. The van der Waals surface area contributed by atoms with Crippen molar-refractivity contribution < 1.29 is 9.13 Å². The summed E-state index contributed by atoms with van der Waals surface area (Å²) in [5.41, 5.74) is 3.01. The summed E-state index contributed by atoms with van der Waals surface area (Å²) in [7, 11) is 0. The van der Waals surface area contributed by atoms with E-state index in [1.54, 1.807) is 6.07 Å². The number of hydrogen-bond acceptors (Lipinski definition) is 2. The van der Waals surface area contributed by atoms with E-state index in [-0.39, 0.29) is 11.9 Å². The maximum Gasteiger partial charge on any atom is 0.217 e. The number of aromatic nitrogens is 1. The molecule has 1 aliphatic heterocycles. The maximum absolute atomic E-state index is 13.2. The molecule has 3 heteroatoms. The van der Waals surface area contributed by atoms with Gasteiger partial charge >= 0.3 is 0 Å². The van der Waals surface area contributed by atoms with Gasteiger partial charge in [0.25, 0.3) is 0 Å². The molecule has 2 heterocycles. The second-order valence-corrected chi connectivity index (χ2v) is 4.65. The molecule has 0 spiro atoms. The Bertz CT molecular complexity index is 594. The van der Waals surface area contributed by atoms with E-state index in [4.69, 9.17) is 4.74 Å². The van der Waals surface area contributed by atoms with E-state index in [1.807, 2.05) is 6.92 Å². The summed E-state index contributed by atoms with van der Waals surface area (Å²) in [4.78, 5) is 4.43. The Labute approximate surface area is 99.4 Å². The normalized spacial score (nSPS) is 18.9. The average Bonchev–Trinajstić information content (AvgIpc) is 2.28. The van der Waals surface area contributed by atoms with Gasteiger partial charge in [0.15, 0.2) is 0 Å². The zero-order valence-corrected chi connectivity index (χ0v) is 9.96. The van der Waals surface area contributed by atoms with Gasteiger partial charge in [0, 0.05) is 17.0 Å². The molecule has 0 fully saturated rings. The molecule has 1 aliphatic rings. The van der Waals surface area contributed by atoms with Gasteiger partial charge in [-0.15, -0.1) is 0 Å². The Morgan fingerprint density at radius 3 is 3.06 bits per heavy atom. The van der Waals surface area contributed by atoms with Crippen LogP contribution in [0.15, 0.2) is 18.2 Å². The van der Waals surface area contributed by atoms with E-state index in [1.165, 1.54) is 17.7 Å². The first-order valence-electron chi connectivity index (χ1n) is 5.90. The van der Waals surface area contributed by atoms with Gasteiger partial charge in [-0.2, -0.15) is 0 Å². The van der Waals surface area contributed by atoms with Crippen molar-refractivity contribution in [1.29, 1.82) is 0 Å². The highest BCUT2D eigenvalue weighted by Gasteiger charge is 2.20. The Morgan fingerprint density at radius 1 is 1.41 bits per heavy atom. The smallest absolute Gasteiger partial charge is 0.217 e. The number of ether oxygens (including phenoxy) is 1. The lowest BCUT2D eigenvalue weighted by atomic mass is 9.98. The molecule has 0 saturated heterocycles. The second-order valence-electron chi connectivity index (χ2n) is 4.65. The highest BCUT2D eigenvalue weighted by Crippen LogP contribution is 2.32. The third-order valence-corrected chi connectivity index (χ3v) is 3.41. The van der Waals surface area contributed by atoms with Crippen molar-refractivity contribution in [3.8, 4) is 5.88 Å². The van der Waals surface area contributed by atoms with Crippen LogP contribution in [-0.4, -0.2) is 11.1 Å². The second kappa shape index (κ2) is 3.69. The van der Waals surface area contributed by atoms with Crippen molar-refractivity contribution in [2.75, 3.05) is 0 Å². The zero-order valence-electron chi connectivity index (χ0n) is 9.96. The van der Waals surface area contributed by atoms with Crippen LogP contribution in [0.5, 0.6) is 5.88 Å². The molecule has 3 rings (SSSR count). The number of hydrogen-bond donors (Lipinski definition) is 0. The van der Waals surface area contributed by atoms with Crippen LogP contribution in [0.25, 0.3) is 10.9 Å². The van der Waals surface area contributed by atoms with Gasteiger partial charge < -0.3 is 4.74 Å². The van der Waals surface area contributed by atoms with Crippen LogP contribution in [0.1, 0.15) is 24.5 Å². The standard InChI is InChI=1S/C14H14FNO/c1-8-3-5-12-9(2)11-6-4-10(15)7-13(11)16-14(12)17-8/h4,6-8H,3,5H2,1-2H3. The highest BCUT2D eigenvalue weighted by molar-refractivity contribution is 5.84. The summed E-state index contributed by atoms with van der Waals surface area (Å²) in [6.45, 7) is 4.09. The molecule has 1 atom stereocenters. The molecule has 88 valence electrons. The van der Waals surface area contributed by atoms with E-state index < -0.39 is 0 Å². The minimum atomic E-state index is -0.256. The number of pyridine rings is 1. The van der Waals surface area contributed by atoms with Crippen molar-refractivity contribution in [2.24, 2.45) is 0 Å². The first-order chi connectivity index (χ1) is 8.15. The molecule has 0 aliphatic carbocycles. The Balaban J connectivity index is 2.28. The lowest BCUT2D eigenvalue weighted by Gasteiger charge is -2.24. The van der Waals surface area contributed by atoms with Crippen molar-refractivity contribution in [2.45, 2.75) is 32.8 Å². The Kier molecular flexibility index (Phi) is 2.28. The number of benzene rings is 1. The molecule has 17 heavy (non-hydrogen) atoms. The quantitative estimate of drug-likeness (QED) is 0.693. The fraction of sp³-hybridized carbons (Fsp3) is 0.357. The third-order valence-electron chi connectivity index (χ3n) is 3.41.